The fraction of sp³-hybridized carbons (Fsp3) is 0.357. The van der Waals surface area contributed by atoms with Crippen molar-refractivity contribution in [3.63, 3.8) is 0 Å². The molecule has 0 bridgehead atoms. The first kappa shape index (κ1) is 14.3. The molecule has 0 spiro atoms. The number of hydrogen-bond acceptors (Lipinski definition) is 2. The van der Waals surface area contributed by atoms with Gasteiger partial charge in [0.1, 0.15) is 0 Å². The van der Waals surface area contributed by atoms with Crippen LogP contribution in [0.2, 0.25) is 0 Å². The van der Waals surface area contributed by atoms with Crippen LogP contribution >= 0.6 is 0 Å². The van der Waals surface area contributed by atoms with Crippen molar-refractivity contribution in [2.45, 2.75) is 32.6 Å². The van der Waals surface area contributed by atoms with Crippen LogP contribution in [-0.2, 0) is 21.1 Å². The second-order valence-electron chi connectivity index (χ2n) is 4.04. The third-order valence-corrected chi connectivity index (χ3v) is 2.70. The number of unbranched alkanes of at least 4 members (excludes halogenated alkanes) is 2. The minimum Gasteiger partial charge on any atom is -0.518 e. The fourth-order valence-corrected chi connectivity index (χ4v) is 1.78. The Balaban J connectivity index is 0.00000144. The maximum absolute atomic E-state index is 3.31. The molecule has 17 heavy (non-hydrogen) atoms. The van der Waals surface area contributed by atoms with E-state index >= 15 is 0 Å². The molecule has 0 saturated heterocycles. The van der Waals surface area contributed by atoms with Gasteiger partial charge in [0, 0.05) is 0 Å². The largest absolute Gasteiger partial charge is 2.00 e. The molecular weight excluding hydrogens is 391 g/mol. The molecule has 1 heterocycles. The molecule has 2 rings (SSSR count). The summed E-state index contributed by atoms with van der Waals surface area (Å²) in [4.78, 5) is 2.08. The van der Waals surface area contributed by atoms with Gasteiger partial charge < -0.3 is 10.2 Å². The molecule has 0 radical (unpaired) electrons. The summed E-state index contributed by atoms with van der Waals surface area (Å²) >= 11 is 0. The molecule has 3 heteroatoms. The number of nitrogens with one attached hydrogen (secondary N) is 1. The van der Waals surface area contributed by atoms with Crippen LogP contribution in [0.5, 0.6) is 0 Å². The molecule has 1 aliphatic rings. The number of nitrogens with zero attached hydrogens (tertiary/aromatic N) is 1. The van der Waals surface area contributed by atoms with Gasteiger partial charge in [-0.2, -0.15) is 37.0 Å². The number of hydrogen-bond donors (Lipinski definition) is 1. The first-order chi connectivity index (χ1) is 7.90. The van der Waals surface area contributed by atoms with E-state index in [0.29, 0.717) is 0 Å². The summed E-state index contributed by atoms with van der Waals surface area (Å²) in [5.74, 6) is 0. The predicted octanol–water partition coefficient (Wildman–Crippen LogP) is 3.43. The van der Waals surface area contributed by atoms with Gasteiger partial charge >= 0.3 is 21.1 Å². The maximum Gasteiger partial charge on any atom is 2.00 e. The average Bonchev–Trinajstić information content (AvgIpc) is 2.79. The zero-order chi connectivity index (χ0) is 11.2. The van der Waals surface area contributed by atoms with Crippen LogP contribution in [0.15, 0.2) is 36.2 Å². The Morgan fingerprint density at radius 3 is 2.94 bits per heavy atom. The summed E-state index contributed by atoms with van der Waals surface area (Å²) in [5, 5.41) is 3.31. The fourth-order valence-electron chi connectivity index (χ4n) is 1.78. The van der Waals surface area contributed by atoms with E-state index in [1.54, 1.807) is 0 Å². The summed E-state index contributed by atoms with van der Waals surface area (Å²) in [6.45, 7) is 4.22. The molecule has 0 aliphatic carbocycles. The zero-order valence-corrected chi connectivity index (χ0v) is 12.3. The number of allylic oxidation sites excluding steroid dienone is 1. The molecular formula is C14H18N2Pt. The smallest absolute Gasteiger partial charge is 0.518 e. The van der Waals surface area contributed by atoms with Crippen LogP contribution in [0.4, 0.5) is 5.69 Å². The Bertz CT molecular complexity index is 348. The van der Waals surface area contributed by atoms with E-state index in [-0.39, 0.29) is 21.1 Å². The molecule has 0 fully saturated rings. The SMILES string of the molecule is CCCCCC1=CN(c2[c-]cccc2)[CH-]N1.[Pt+2]. The summed E-state index contributed by atoms with van der Waals surface area (Å²) < 4.78 is 0. The minimum absolute atomic E-state index is 0. The topological polar surface area (TPSA) is 15.3 Å². The Kier molecular flexibility index (Phi) is 6.36. The van der Waals surface area contributed by atoms with Crippen LogP contribution in [0, 0.1) is 12.7 Å². The quantitative estimate of drug-likeness (QED) is 0.592. The Labute approximate surface area is 118 Å². The van der Waals surface area contributed by atoms with Gasteiger partial charge in [-0.25, -0.2) is 0 Å². The summed E-state index contributed by atoms with van der Waals surface area (Å²) in [6.07, 6.45) is 7.12. The number of benzene rings is 1. The van der Waals surface area contributed by atoms with E-state index in [1.165, 1.54) is 25.0 Å². The molecule has 0 amide bonds. The molecule has 1 aromatic carbocycles. The third kappa shape index (κ3) is 4.20. The third-order valence-electron chi connectivity index (χ3n) is 2.70. The van der Waals surface area contributed by atoms with E-state index in [0.717, 1.165) is 12.1 Å². The summed E-state index contributed by atoms with van der Waals surface area (Å²) in [7, 11) is 0. The molecule has 1 aliphatic heterocycles. The summed E-state index contributed by atoms with van der Waals surface area (Å²) in [6, 6.07) is 11.2. The number of para-hydroxylation sites is 1. The Morgan fingerprint density at radius 1 is 1.35 bits per heavy atom. The van der Waals surface area contributed by atoms with Crippen molar-refractivity contribution >= 4 is 5.69 Å². The zero-order valence-electron chi connectivity index (χ0n) is 10.1. The van der Waals surface area contributed by atoms with Crippen molar-refractivity contribution in [2.75, 3.05) is 4.90 Å². The van der Waals surface area contributed by atoms with Gasteiger partial charge in [0.05, 0.1) is 0 Å². The second kappa shape index (κ2) is 7.55. The van der Waals surface area contributed by atoms with Crippen LogP contribution in [0.1, 0.15) is 32.6 Å². The van der Waals surface area contributed by atoms with Crippen molar-refractivity contribution in [3.8, 4) is 0 Å². The maximum atomic E-state index is 3.31. The molecule has 0 unspecified atom stereocenters. The molecule has 94 valence electrons. The van der Waals surface area contributed by atoms with Gasteiger partial charge in [0.2, 0.25) is 0 Å². The van der Waals surface area contributed by atoms with E-state index in [1.807, 2.05) is 24.9 Å². The first-order valence-electron chi connectivity index (χ1n) is 5.96. The van der Waals surface area contributed by atoms with Crippen molar-refractivity contribution < 1.29 is 21.1 Å². The Hall–Kier alpha value is -0.752. The molecule has 0 aromatic heterocycles. The van der Waals surface area contributed by atoms with Crippen LogP contribution in [0.25, 0.3) is 0 Å². The van der Waals surface area contributed by atoms with Gasteiger partial charge in [-0.1, -0.05) is 19.8 Å². The van der Waals surface area contributed by atoms with Crippen LogP contribution < -0.4 is 10.2 Å². The predicted molar refractivity (Wildman–Crippen MR) is 67.4 cm³/mol. The van der Waals surface area contributed by atoms with E-state index in [9.17, 15) is 0 Å². The number of anilines is 1. The minimum atomic E-state index is 0. The first-order valence-corrected chi connectivity index (χ1v) is 5.96. The molecule has 0 saturated carbocycles. The van der Waals surface area contributed by atoms with E-state index in [2.05, 4.69) is 35.5 Å². The van der Waals surface area contributed by atoms with E-state index < -0.39 is 0 Å². The van der Waals surface area contributed by atoms with Gasteiger partial charge in [0.15, 0.2) is 0 Å². The van der Waals surface area contributed by atoms with Gasteiger partial charge in [0.25, 0.3) is 0 Å². The van der Waals surface area contributed by atoms with Crippen LogP contribution in [0.3, 0.4) is 0 Å². The van der Waals surface area contributed by atoms with Crippen molar-refractivity contribution in [1.29, 1.82) is 0 Å². The van der Waals surface area contributed by atoms with Gasteiger partial charge in [-0.15, -0.1) is 5.69 Å². The van der Waals surface area contributed by atoms with E-state index in [4.69, 9.17) is 0 Å². The molecule has 1 aromatic rings. The van der Waals surface area contributed by atoms with Crippen molar-refractivity contribution in [3.05, 3.63) is 48.9 Å². The molecule has 0 atom stereocenters. The van der Waals surface area contributed by atoms with Crippen molar-refractivity contribution in [2.24, 2.45) is 0 Å². The van der Waals surface area contributed by atoms with Gasteiger partial charge in [-0.05, 0) is 24.7 Å². The average molecular weight is 409 g/mol. The normalized spacial score (nSPS) is 13.9. The molecule has 1 N–H and O–H groups in total. The van der Waals surface area contributed by atoms with Crippen molar-refractivity contribution in [1.82, 2.24) is 5.32 Å². The Morgan fingerprint density at radius 2 is 2.24 bits per heavy atom. The second-order valence-corrected chi connectivity index (χ2v) is 4.04. The van der Waals surface area contributed by atoms with Crippen LogP contribution in [-0.4, -0.2) is 0 Å². The molecule has 2 nitrogen and oxygen atoms in total. The monoisotopic (exact) mass is 409 g/mol. The standard InChI is InChI=1S/C14H18N2.Pt/c1-2-3-5-8-13-11-16(12-15-13)14-9-6-4-7-10-14;/h4,6-7,9,11-12,15H,2-3,5,8H2,1H3;/q-2;+2. The number of rotatable bonds is 5. The van der Waals surface area contributed by atoms with Gasteiger partial charge in [-0.3, -0.25) is 0 Å². The summed E-state index contributed by atoms with van der Waals surface area (Å²) in [5.41, 5.74) is 2.38.